The Morgan fingerprint density at radius 3 is 2.70 bits per heavy atom. The summed E-state index contributed by atoms with van der Waals surface area (Å²) in [5.41, 5.74) is 1.17. The van der Waals surface area contributed by atoms with E-state index in [1.54, 1.807) is 19.1 Å². The predicted molar refractivity (Wildman–Crippen MR) is 110 cm³/mol. The quantitative estimate of drug-likeness (QED) is 0.587. The number of aromatic nitrogens is 3. The fourth-order valence-corrected chi connectivity index (χ4v) is 3.12. The standard InChI is InChI=1S/C20H15FN6O2S/c1-3-18(28)24-17-7-6-16(26-27-17)12-4-5-15(21)14(8-12)11(2)19(29)25-20-23-10-13(9-22)30-20/h3-8,10-11H,1H2,2H3,(H,23,25,29)(H,24,27,28). The van der Waals surface area contributed by atoms with E-state index in [0.717, 1.165) is 17.4 Å². The highest BCUT2D eigenvalue weighted by molar-refractivity contribution is 7.16. The van der Waals surface area contributed by atoms with Crippen LogP contribution in [0.15, 0.2) is 49.2 Å². The lowest BCUT2D eigenvalue weighted by Crippen LogP contribution is -2.19. The number of carbonyl (C=O) groups is 2. The number of amides is 2. The second-order valence-corrected chi connectivity index (χ2v) is 7.12. The van der Waals surface area contributed by atoms with Gasteiger partial charge in [-0.1, -0.05) is 17.9 Å². The third kappa shape index (κ3) is 4.71. The molecule has 3 rings (SSSR count). The van der Waals surface area contributed by atoms with Crippen molar-refractivity contribution in [3.63, 3.8) is 0 Å². The zero-order chi connectivity index (χ0) is 21.7. The van der Waals surface area contributed by atoms with Gasteiger partial charge in [-0.05, 0) is 43.3 Å². The minimum absolute atomic E-state index is 0.174. The first kappa shape index (κ1) is 20.8. The van der Waals surface area contributed by atoms with E-state index in [0.29, 0.717) is 16.1 Å². The molecule has 30 heavy (non-hydrogen) atoms. The average molecular weight is 422 g/mol. The third-order valence-corrected chi connectivity index (χ3v) is 4.92. The van der Waals surface area contributed by atoms with Crippen LogP contribution in [0.5, 0.6) is 0 Å². The molecule has 2 aromatic heterocycles. The lowest BCUT2D eigenvalue weighted by atomic mass is 9.96. The third-order valence-electron chi connectivity index (χ3n) is 4.10. The minimum atomic E-state index is -0.821. The summed E-state index contributed by atoms with van der Waals surface area (Å²) in [6.45, 7) is 4.92. The number of rotatable bonds is 6. The van der Waals surface area contributed by atoms with E-state index in [9.17, 15) is 14.0 Å². The van der Waals surface area contributed by atoms with Crippen molar-refractivity contribution in [3.8, 4) is 17.3 Å². The van der Waals surface area contributed by atoms with Gasteiger partial charge in [0.15, 0.2) is 10.9 Å². The first-order valence-corrected chi connectivity index (χ1v) is 9.46. The number of benzene rings is 1. The van der Waals surface area contributed by atoms with Crippen molar-refractivity contribution in [2.45, 2.75) is 12.8 Å². The SMILES string of the molecule is C=CC(=O)Nc1ccc(-c2ccc(F)c(C(C)C(=O)Nc3ncc(C#N)s3)c2)nn1. The summed E-state index contributed by atoms with van der Waals surface area (Å²) in [6.07, 6.45) is 2.47. The van der Waals surface area contributed by atoms with Crippen molar-refractivity contribution in [3.05, 3.63) is 65.4 Å². The smallest absolute Gasteiger partial charge is 0.248 e. The molecule has 2 heterocycles. The summed E-state index contributed by atoms with van der Waals surface area (Å²) in [6, 6.07) is 9.40. The number of carbonyl (C=O) groups excluding carboxylic acids is 2. The van der Waals surface area contributed by atoms with E-state index in [-0.39, 0.29) is 16.5 Å². The fraction of sp³-hybridized carbons (Fsp3) is 0.100. The molecular weight excluding hydrogens is 407 g/mol. The zero-order valence-corrected chi connectivity index (χ0v) is 16.5. The summed E-state index contributed by atoms with van der Waals surface area (Å²) < 4.78 is 14.4. The maximum Gasteiger partial charge on any atom is 0.248 e. The Balaban J connectivity index is 1.80. The van der Waals surface area contributed by atoms with Gasteiger partial charge in [-0.2, -0.15) is 5.26 Å². The van der Waals surface area contributed by atoms with Crippen LogP contribution >= 0.6 is 11.3 Å². The second kappa shape index (κ2) is 9.02. The van der Waals surface area contributed by atoms with Crippen LogP contribution in [0.4, 0.5) is 15.3 Å². The maximum absolute atomic E-state index is 14.4. The van der Waals surface area contributed by atoms with Gasteiger partial charge in [-0.25, -0.2) is 9.37 Å². The summed E-state index contributed by atoms with van der Waals surface area (Å²) in [5.74, 6) is -1.99. The molecule has 0 fully saturated rings. The molecule has 0 aliphatic heterocycles. The maximum atomic E-state index is 14.4. The Bertz CT molecular complexity index is 1150. The Labute approximate surface area is 175 Å². The molecule has 2 amide bonds. The van der Waals surface area contributed by atoms with Crippen molar-refractivity contribution in [2.75, 3.05) is 10.6 Å². The molecule has 0 aliphatic carbocycles. The van der Waals surface area contributed by atoms with E-state index in [1.807, 2.05) is 6.07 Å². The second-order valence-electron chi connectivity index (χ2n) is 6.09. The molecule has 0 aliphatic rings. The van der Waals surface area contributed by atoms with Gasteiger partial charge in [0.2, 0.25) is 11.8 Å². The van der Waals surface area contributed by atoms with Crippen LogP contribution in [0.25, 0.3) is 11.3 Å². The molecule has 8 nitrogen and oxygen atoms in total. The van der Waals surface area contributed by atoms with Crippen LogP contribution < -0.4 is 10.6 Å². The highest BCUT2D eigenvalue weighted by atomic mass is 32.1. The summed E-state index contributed by atoms with van der Waals surface area (Å²) in [5, 5.41) is 22.1. The lowest BCUT2D eigenvalue weighted by Gasteiger charge is -2.13. The molecule has 0 bridgehead atoms. The van der Waals surface area contributed by atoms with Crippen molar-refractivity contribution in [2.24, 2.45) is 0 Å². The van der Waals surface area contributed by atoms with Crippen LogP contribution in [0, 0.1) is 17.1 Å². The van der Waals surface area contributed by atoms with Crippen molar-refractivity contribution < 1.29 is 14.0 Å². The number of nitriles is 1. The number of hydrogen-bond donors (Lipinski definition) is 2. The van der Waals surface area contributed by atoms with Gasteiger partial charge < -0.3 is 10.6 Å². The molecule has 0 radical (unpaired) electrons. The molecule has 10 heteroatoms. The number of nitrogens with zero attached hydrogens (tertiary/aromatic N) is 4. The number of hydrogen-bond acceptors (Lipinski definition) is 7. The number of anilines is 2. The molecule has 3 aromatic rings. The molecule has 1 aromatic carbocycles. The molecule has 2 N–H and O–H groups in total. The van der Waals surface area contributed by atoms with Gasteiger partial charge in [0.25, 0.3) is 0 Å². The first-order valence-electron chi connectivity index (χ1n) is 8.65. The zero-order valence-electron chi connectivity index (χ0n) is 15.7. The van der Waals surface area contributed by atoms with Crippen LogP contribution in [-0.2, 0) is 9.59 Å². The van der Waals surface area contributed by atoms with Crippen molar-refractivity contribution in [1.82, 2.24) is 15.2 Å². The largest absolute Gasteiger partial charge is 0.306 e. The molecule has 0 saturated carbocycles. The number of nitrogens with one attached hydrogen (secondary N) is 2. The molecule has 0 spiro atoms. The van der Waals surface area contributed by atoms with E-state index in [1.165, 1.54) is 24.4 Å². The average Bonchev–Trinajstić information content (AvgIpc) is 3.21. The van der Waals surface area contributed by atoms with Gasteiger partial charge in [0.05, 0.1) is 17.8 Å². The lowest BCUT2D eigenvalue weighted by molar-refractivity contribution is -0.117. The van der Waals surface area contributed by atoms with Crippen LogP contribution in [0.3, 0.4) is 0 Å². The Morgan fingerprint density at radius 1 is 1.27 bits per heavy atom. The normalized spacial score (nSPS) is 11.2. The minimum Gasteiger partial charge on any atom is -0.306 e. The predicted octanol–water partition coefficient (Wildman–Crippen LogP) is 3.48. The topological polar surface area (TPSA) is 121 Å². The van der Waals surface area contributed by atoms with Crippen molar-refractivity contribution >= 4 is 34.1 Å². The Kier molecular flexibility index (Phi) is 6.24. The fourth-order valence-electron chi connectivity index (χ4n) is 2.50. The van der Waals surface area contributed by atoms with Crippen LogP contribution in [0.2, 0.25) is 0 Å². The summed E-state index contributed by atoms with van der Waals surface area (Å²) in [4.78, 5) is 28.1. The van der Waals surface area contributed by atoms with Gasteiger partial charge in [-0.15, -0.1) is 10.2 Å². The Morgan fingerprint density at radius 2 is 2.07 bits per heavy atom. The molecule has 150 valence electrons. The number of halogens is 1. The van der Waals surface area contributed by atoms with Crippen LogP contribution in [0.1, 0.15) is 23.3 Å². The van der Waals surface area contributed by atoms with Gasteiger partial charge in [-0.3, -0.25) is 9.59 Å². The van der Waals surface area contributed by atoms with Crippen LogP contribution in [-0.4, -0.2) is 27.0 Å². The molecule has 1 unspecified atom stereocenters. The highest BCUT2D eigenvalue weighted by Crippen LogP contribution is 2.27. The van der Waals surface area contributed by atoms with E-state index >= 15 is 0 Å². The van der Waals surface area contributed by atoms with Gasteiger partial charge >= 0.3 is 0 Å². The number of thiazole rings is 1. The molecular formula is C20H15FN6O2S. The first-order chi connectivity index (χ1) is 14.4. The summed E-state index contributed by atoms with van der Waals surface area (Å²) in [7, 11) is 0. The van der Waals surface area contributed by atoms with Gasteiger partial charge in [0, 0.05) is 11.1 Å². The van der Waals surface area contributed by atoms with Crippen molar-refractivity contribution in [1.29, 1.82) is 5.26 Å². The monoisotopic (exact) mass is 422 g/mol. The molecule has 1 atom stereocenters. The van der Waals surface area contributed by atoms with E-state index in [4.69, 9.17) is 5.26 Å². The van der Waals surface area contributed by atoms with E-state index < -0.39 is 23.5 Å². The van der Waals surface area contributed by atoms with E-state index in [2.05, 4.69) is 32.4 Å². The highest BCUT2D eigenvalue weighted by Gasteiger charge is 2.21. The van der Waals surface area contributed by atoms with Gasteiger partial charge in [0.1, 0.15) is 16.8 Å². The summed E-state index contributed by atoms with van der Waals surface area (Å²) >= 11 is 1.03. The Hall–Kier alpha value is -3.97. The molecule has 0 saturated heterocycles.